The fourth-order valence-corrected chi connectivity index (χ4v) is 4.30. The highest BCUT2D eigenvalue weighted by atomic mass is 16.1. The van der Waals surface area contributed by atoms with Crippen molar-refractivity contribution in [3.8, 4) is 22.3 Å². The zero-order chi connectivity index (χ0) is 18.0. The summed E-state index contributed by atoms with van der Waals surface area (Å²) in [5.74, 6) is 0.112. The van der Waals surface area contributed by atoms with Crippen LogP contribution in [0.4, 0.5) is 0 Å². The Morgan fingerprint density at radius 2 is 1.33 bits per heavy atom. The van der Waals surface area contributed by atoms with E-state index in [0.717, 1.165) is 44.1 Å². The second kappa shape index (κ2) is 5.18. The molecule has 2 heteroatoms. The highest BCUT2D eigenvalue weighted by Crippen LogP contribution is 2.42. The summed E-state index contributed by atoms with van der Waals surface area (Å²) in [4.78, 5) is 16.6. The maximum atomic E-state index is 13.0. The van der Waals surface area contributed by atoms with Crippen LogP contribution in [0.25, 0.3) is 44.1 Å². The van der Waals surface area contributed by atoms with Crippen LogP contribution in [0.2, 0.25) is 0 Å². The molecular formula is C25H15NO. The number of carbonyl (C=O) groups is 1. The van der Waals surface area contributed by atoms with E-state index in [4.69, 9.17) is 0 Å². The number of fused-ring (bicyclic) bond motifs is 7. The Morgan fingerprint density at radius 3 is 2.19 bits per heavy atom. The summed E-state index contributed by atoms with van der Waals surface area (Å²) in [6.07, 6.45) is 0. The fraction of sp³-hybridized carbons (Fsp3) is 0. The minimum absolute atomic E-state index is 0.112. The van der Waals surface area contributed by atoms with E-state index in [1.165, 1.54) is 11.1 Å². The molecule has 1 aromatic heterocycles. The van der Waals surface area contributed by atoms with Crippen molar-refractivity contribution in [2.24, 2.45) is 0 Å². The van der Waals surface area contributed by atoms with Crippen molar-refractivity contribution >= 4 is 27.6 Å². The Labute approximate surface area is 156 Å². The van der Waals surface area contributed by atoms with Crippen molar-refractivity contribution in [1.29, 1.82) is 0 Å². The zero-order valence-corrected chi connectivity index (χ0v) is 14.5. The molecule has 0 radical (unpaired) electrons. The summed E-state index contributed by atoms with van der Waals surface area (Å²) in [6.45, 7) is 0. The molecule has 6 rings (SSSR count). The standard InChI is InChI=1S/C25H15NO/c27-25-21-9-5-4-8-17(21)19-12-13-20-18-11-10-16(15-6-2-1-3-7-15)14-22(18)26-24(20)23(19)25/h1-14,26H. The average Bonchev–Trinajstić information content (AvgIpc) is 3.24. The van der Waals surface area contributed by atoms with Gasteiger partial charge in [0.05, 0.1) is 11.1 Å². The Bertz CT molecular complexity index is 1380. The molecule has 1 aliphatic rings. The van der Waals surface area contributed by atoms with Gasteiger partial charge in [-0.05, 0) is 28.3 Å². The third-order valence-corrected chi connectivity index (χ3v) is 5.57. The lowest BCUT2D eigenvalue weighted by atomic mass is 10.0. The first-order valence-corrected chi connectivity index (χ1v) is 9.09. The predicted octanol–water partition coefficient (Wildman–Crippen LogP) is 6.20. The maximum Gasteiger partial charge on any atom is 0.196 e. The Hall–Kier alpha value is -3.65. The smallest absolute Gasteiger partial charge is 0.196 e. The monoisotopic (exact) mass is 345 g/mol. The van der Waals surface area contributed by atoms with Crippen molar-refractivity contribution < 1.29 is 4.79 Å². The van der Waals surface area contributed by atoms with E-state index < -0.39 is 0 Å². The Kier molecular flexibility index (Phi) is 2.78. The lowest BCUT2D eigenvalue weighted by Gasteiger charge is -2.01. The molecule has 4 aromatic carbocycles. The quantitative estimate of drug-likeness (QED) is 0.378. The largest absolute Gasteiger partial charge is 0.354 e. The van der Waals surface area contributed by atoms with Gasteiger partial charge in [-0.3, -0.25) is 4.79 Å². The number of benzene rings is 4. The molecule has 0 aliphatic heterocycles. The van der Waals surface area contributed by atoms with E-state index in [9.17, 15) is 4.79 Å². The Balaban J connectivity index is 1.64. The van der Waals surface area contributed by atoms with Crippen LogP contribution in [0.15, 0.2) is 84.9 Å². The number of rotatable bonds is 1. The summed E-state index contributed by atoms with van der Waals surface area (Å²) in [5, 5.41) is 2.25. The van der Waals surface area contributed by atoms with Gasteiger partial charge in [-0.1, -0.05) is 78.9 Å². The predicted molar refractivity (Wildman–Crippen MR) is 110 cm³/mol. The van der Waals surface area contributed by atoms with Gasteiger partial charge in [-0.2, -0.15) is 0 Å². The summed E-state index contributed by atoms with van der Waals surface area (Å²) >= 11 is 0. The summed E-state index contributed by atoms with van der Waals surface area (Å²) in [6, 6.07) is 28.9. The van der Waals surface area contributed by atoms with Crippen LogP contribution in [0.1, 0.15) is 15.9 Å². The SMILES string of the molecule is O=C1c2ccccc2-c2ccc3c([nH]c4cc(-c5ccccc5)ccc43)c21. The first-order valence-electron chi connectivity index (χ1n) is 9.09. The van der Waals surface area contributed by atoms with Gasteiger partial charge < -0.3 is 4.98 Å². The van der Waals surface area contributed by atoms with Gasteiger partial charge in [0.15, 0.2) is 5.78 Å². The molecule has 0 atom stereocenters. The number of aromatic amines is 1. The van der Waals surface area contributed by atoms with Gasteiger partial charge >= 0.3 is 0 Å². The molecule has 0 bridgehead atoms. The molecule has 1 N–H and O–H groups in total. The molecule has 27 heavy (non-hydrogen) atoms. The van der Waals surface area contributed by atoms with Crippen LogP contribution in [-0.4, -0.2) is 10.8 Å². The van der Waals surface area contributed by atoms with Crippen molar-refractivity contribution in [2.75, 3.05) is 0 Å². The van der Waals surface area contributed by atoms with E-state index in [0.29, 0.717) is 0 Å². The van der Waals surface area contributed by atoms with Crippen molar-refractivity contribution in [2.45, 2.75) is 0 Å². The second-order valence-electron chi connectivity index (χ2n) is 7.04. The highest BCUT2D eigenvalue weighted by Gasteiger charge is 2.29. The first kappa shape index (κ1) is 14.5. The lowest BCUT2D eigenvalue weighted by molar-refractivity contribution is 0.104. The molecule has 1 aliphatic carbocycles. The Morgan fingerprint density at radius 1 is 0.593 bits per heavy atom. The van der Waals surface area contributed by atoms with Crippen molar-refractivity contribution in [3.63, 3.8) is 0 Å². The van der Waals surface area contributed by atoms with Crippen molar-refractivity contribution in [1.82, 2.24) is 4.98 Å². The van der Waals surface area contributed by atoms with E-state index in [1.807, 2.05) is 42.5 Å². The molecule has 5 aromatic rings. The maximum absolute atomic E-state index is 13.0. The van der Waals surface area contributed by atoms with Gasteiger partial charge in [-0.25, -0.2) is 0 Å². The number of aromatic nitrogens is 1. The van der Waals surface area contributed by atoms with E-state index in [-0.39, 0.29) is 5.78 Å². The molecule has 0 saturated carbocycles. The molecule has 126 valence electrons. The summed E-state index contributed by atoms with van der Waals surface area (Å²) < 4.78 is 0. The molecule has 0 saturated heterocycles. The molecule has 0 fully saturated rings. The topological polar surface area (TPSA) is 32.9 Å². The van der Waals surface area contributed by atoms with E-state index in [1.54, 1.807) is 0 Å². The number of hydrogen-bond acceptors (Lipinski definition) is 1. The fourth-order valence-electron chi connectivity index (χ4n) is 4.30. The first-order chi connectivity index (χ1) is 13.3. The zero-order valence-electron chi connectivity index (χ0n) is 14.5. The number of carbonyl (C=O) groups excluding carboxylic acids is 1. The molecule has 0 amide bonds. The second-order valence-corrected chi connectivity index (χ2v) is 7.04. The van der Waals surface area contributed by atoms with Crippen molar-refractivity contribution in [3.05, 3.63) is 96.1 Å². The molecule has 0 spiro atoms. The number of H-pyrrole nitrogens is 1. The van der Waals surface area contributed by atoms with Gasteiger partial charge in [-0.15, -0.1) is 0 Å². The van der Waals surface area contributed by atoms with Gasteiger partial charge in [0.2, 0.25) is 0 Å². The van der Waals surface area contributed by atoms with Gasteiger partial charge in [0.1, 0.15) is 0 Å². The average molecular weight is 345 g/mol. The minimum Gasteiger partial charge on any atom is -0.354 e. The van der Waals surface area contributed by atoms with Crippen LogP contribution in [-0.2, 0) is 0 Å². The van der Waals surface area contributed by atoms with E-state index >= 15 is 0 Å². The number of nitrogens with one attached hydrogen (secondary N) is 1. The molecule has 1 heterocycles. The number of ketones is 1. The van der Waals surface area contributed by atoms with Crippen LogP contribution >= 0.6 is 0 Å². The number of hydrogen-bond donors (Lipinski definition) is 1. The van der Waals surface area contributed by atoms with Crippen LogP contribution < -0.4 is 0 Å². The third kappa shape index (κ3) is 1.92. The summed E-state index contributed by atoms with van der Waals surface area (Å²) in [5.41, 5.74) is 8.00. The van der Waals surface area contributed by atoms with Crippen LogP contribution in [0.5, 0.6) is 0 Å². The molecule has 0 unspecified atom stereocenters. The van der Waals surface area contributed by atoms with Gasteiger partial charge in [0, 0.05) is 21.9 Å². The highest BCUT2D eigenvalue weighted by molar-refractivity contribution is 6.29. The third-order valence-electron chi connectivity index (χ3n) is 5.57. The van der Waals surface area contributed by atoms with Gasteiger partial charge in [0.25, 0.3) is 0 Å². The lowest BCUT2D eigenvalue weighted by Crippen LogP contribution is -1.95. The normalized spacial score (nSPS) is 12.5. The van der Waals surface area contributed by atoms with Crippen LogP contribution in [0.3, 0.4) is 0 Å². The summed E-state index contributed by atoms with van der Waals surface area (Å²) in [7, 11) is 0. The minimum atomic E-state index is 0.112. The van der Waals surface area contributed by atoms with Crippen LogP contribution in [0, 0.1) is 0 Å². The van der Waals surface area contributed by atoms with E-state index in [2.05, 4.69) is 47.4 Å². The molecule has 2 nitrogen and oxygen atoms in total. The molecular weight excluding hydrogens is 330 g/mol.